The van der Waals surface area contributed by atoms with Crippen LogP contribution in [0.2, 0.25) is 18.1 Å². The average Bonchev–Trinajstić information content (AvgIpc) is 2.11. The number of hydrogen-bond acceptors (Lipinski definition) is 2. The number of thioether (sulfide) groups is 1. The van der Waals surface area contributed by atoms with Gasteiger partial charge in [-0.25, -0.2) is 0 Å². The van der Waals surface area contributed by atoms with Crippen LogP contribution in [0.5, 0.6) is 0 Å². The summed E-state index contributed by atoms with van der Waals surface area (Å²) < 4.78 is 6.37. The third kappa shape index (κ3) is 5.66. The van der Waals surface area contributed by atoms with Crippen LogP contribution < -0.4 is 0 Å². The molecule has 0 saturated heterocycles. The van der Waals surface area contributed by atoms with Gasteiger partial charge >= 0.3 is 0 Å². The molecular weight excluding hydrogens is 220 g/mol. The molecule has 0 fully saturated rings. The summed E-state index contributed by atoms with van der Waals surface area (Å²) in [4.78, 5) is 0. The molecule has 0 bridgehead atoms. The van der Waals surface area contributed by atoms with Crippen LogP contribution in [-0.2, 0) is 4.43 Å². The lowest BCUT2D eigenvalue weighted by molar-refractivity contribution is 0.444. The quantitative estimate of drug-likeness (QED) is 0.481. The van der Waals surface area contributed by atoms with Crippen molar-refractivity contribution in [1.82, 2.24) is 0 Å². The number of rotatable bonds is 6. The summed E-state index contributed by atoms with van der Waals surface area (Å²) in [5.74, 6) is 0. The van der Waals surface area contributed by atoms with Gasteiger partial charge in [0.05, 0.1) is 0 Å². The highest BCUT2D eigenvalue weighted by Gasteiger charge is 2.31. The molecule has 0 aliphatic heterocycles. The van der Waals surface area contributed by atoms with Crippen molar-refractivity contribution in [3.63, 3.8) is 0 Å². The zero-order chi connectivity index (χ0) is 12.1. The second kappa shape index (κ2) is 5.99. The molecule has 15 heavy (non-hydrogen) atoms. The van der Waals surface area contributed by atoms with E-state index < -0.39 is 8.32 Å². The minimum atomic E-state index is -1.50. The second-order valence-corrected chi connectivity index (χ2v) is 11.5. The average molecular weight is 246 g/mol. The summed E-state index contributed by atoms with van der Waals surface area (Å²) in [6.07, 6.45) is 0. The number of hydrogen-bond donors (Lipinski definition) is 0. The van der Waals surface area contributed by atoms with E-state index in [9.17, 15) is 0 Å². The Kier molecular flexibility index (Phi) is 6.04. The standard InChI is InChI=1S/C12H26OSSi/c1-8-15(9-2,10-3)13-11(4)14-12(5,6)7/h4,8-10H2,1-3,5-7H3. The molecule has 0 aromatic carbocycles. The molecule has 0 aliphatic carbocycles. The molecule has 90 valence electrons. The van der Waals surface area contributed by atoms with Gasteiger partial charge in [0.15, 0.2) is 0 Å². The van der Waals surface area contributed by atoms with E-state index >= 15 is 0 Å². The Morgan fingerprint density at radius 3 is 1.80 bits per heavy atom. The van der Waals surface area contributed by atoms with E-state index in [1.807, 2.05) is 0 Å². The lowest BCUT2D eigenvalue weighted by atomic mass is 10.3. The minimum absolute atomic E-state index is 0.201. The lowest BCUT2D eigenvalue weighted by Crippen LogP contribution is -2.35. The third-order valence-electron chi connectivity index (χ3n) is 2.68. The molecule has 0 aliphatic rings. The van der Waals surface area contributed by atoms with Gasteiger partial charge in [-0.3, -0.25) is 0 Å². The molecule has 0 N–H and O–H groups in total. The Balaban J connectivity index is 4.36. The van der Waals surface area contributed by atoms with Crippen LogP contribution >= 0.6 is 11.8 Å². The van der Waals surface area contributed by atoms with Crippen LogP contribution in [0.1, 0.15) is 41.5 Å². The molecule has 0 atom stereocenters. The fourth-order valence-electron chi connectivity index (χ4n) is 1.57. The van der Waals surface area contributed by atoms with Crippen molar-refractivity contribution in [2.75, 3.05) is 0 Å². The van der Waals surface area contributed by atoms with Crippen molar-refractivity contribution in [3.05, 3.63) is 11.7 Å². The topological polar surface area (TPSA) is 9.23 Å². The Morgan fingerprint density at radius 1 is 1.13 bits per heavy atom. The van der Waals surface area contributed by atoms with Gasteiger partial charge in [0.2, 0.25) is 0 Å². The van der Waals surface area contributed by atoms with Crippen LogP contribution in [0.15, 0.2) is 11.7 Å². The molecule has 1 nitrogen and oxygen atoms in total. The second-order valence-electron chi connectivity index (χ2n) is 4.93. The molecule has 0 aromatic heterocycles. The molecule has 0 radical (unpaired) electrons. The van der Waals surface area contributed by atoms with Gasteiger partial charge in [-0.15, -0.1) is 0 Å². The predicted molar refractivity (Wildman–Crippen MR) is 74.8 cm³/mol. The van der Waals surface area contributed by atoms with Crippen molar-refractivity contribution in [3.8, 4) is 0 Å². The molecular formula is C12H26OSSi. The monoisotopic (exact) mass is 246 g/mol. The van der Waals surface area contributed by atoms with E-state index in [4.69, 9.17) is 4.43 Å². The van der Waals surface area contributed by atoms with E-state index in [1.54, 1.807) is 11.8 Å². The summed E-state index contributed by atoms with van der Waals surface area (Å²) in [6.45, 7) is 17.4. The summed E-state index contributed by atoms with van der Waals surface area (Å²) in [6, 6.07) is 3.55. The maximum absolute atomic E-state index is 6.17. The van der Waals surface area contributed by atoms with Gasteiger partial charge in [0, 0.05) is 4.75 Å². The molecule has 0 aromatic rings. The van der Waals surface area contributed by atoms with Gasteiger partial charge in [-0.2, -0.15) is 0 Å². The van der Waals surface area contributed by atoms with Crippen molar-refractivity contribution < 1.29 is 4.43 Å². The van der Waals surface area contributed by atoms with Gasteiger partial charge in [0.25, 0.3) is 8.32 Å². The highest BCUT2D eigenvalue weighted by atomic mass is 32.2. The van der Waals surface area contributed by atoms with Crippen molar-refractivity contribution in [1.29, 1.82) is 0 Å². The molecule has 0 saturated carbocycles. The normalized spacial score (nSPS) is 12.7. The highest BCUT2D eigenvalue weighted by Crippen LogP contribution is 2.35. The van der Waals surface area contributed by atoms with E-state index in [0.29, 0.717) is 0 Å². The maximum atomic E-state index is 6.17. The maximum Gasteiger partial charge on any atom is 0.251 e. The van der Waals surface area contributed by atoms with Gasteiger partial charge in [0.1, 0.15) is 5.09 Å². The molecule has 0 spiro atoms. The van der Waals surface area contributed by atoms with Crippen LogP contribution in [-0.4, -0.2) is 13.1 Å². The molecule has 0 amide bonds. The molecule has 0 heterocycles. The van der Waals surface area contributed by atoms with Crippen LogP contribution in [0.3, 0.4) is 0 Å². The van der Waals surface area contributed by atoms with E-state index in [-0.39, 0.29) is 4.75 Å². The zero-order valence-corrected chi connectivity index (χ0v) is 13.0. The Labute approximate surface area is 101 Å². The van der Waals surface area contributed by atoms with E-state index in [0.717, 1.165) is 5.09 Å². The first-order valence-electron chi connectivity index (χ1n) is 5.85. The van der Waals surface area contributed by atoms with E-state index in [1.165, 1.54) is 18.1 Å². The SMILES string of the molecule is C=C(O[Si](CC)(CC)CC)SC(C)(C)C. The summed E-state index contributed by atoms with van der Waals surface area (Å²) in [7, 11) is -1.50. The highest BCUT2D eigenvalue weighted by molar-refractivity contribution is 8.04. The summed E-state index contributed by atoms with van der Waals surface area (Å²) in [5.41, 5.74) is 0. The smallest absolute Gasteiger partial charge is 0.251 e. The van der Waals surface area contributed by atoms with Gasteiger partial charge < -0.3 is 4.43 Å². The van der Waals surface area contributed by atoms with Crippen molar-refractivity contribution in [2.24, 2.45) is 0 Å². The largest absolute Gasteiger partial charge is 0.539 e. The Morgan fingerprint density at radius 2 is 1.53 bits per heavy atom. The fourth-order valence-corrected chi connectivity index (χ4v) is 5.37. The first-order valence-corrected chi connectivity index (χ1v) is 9.20. The predicted octanol–water partition coefficient (Wildman–Crippen LogP) is 5.01. The van der Waals surface area contributed by atoms with Gasteiger partial charge in [-0.1, -0.05) is 59.9 Å². The van der Waals surface area contributed by atoms with Crippen LogP contribution in [0, 0.1) is 0 Å². The Hall–Kier alpha value is 0.107. The van der Waals surface area contributed by atoms with E-state index in [2.05, 4.69) is 48.1 Å². The molecule has 0 rings (SSSR count). The van der Waals surface area contributed by atoms with Gasteiger partial charge in [-0.05, 0) is 18.1 Å². The third-order valence-corrected chi connectivity index (χ3v) is 8.30. The van der Waals surface area contributed by atoms with Crippen molar-refractivity contribution in [2.45, 2.75) is 64.4 Å². The molecule has 3 heteroatoms. The first kappa shape index (κ1) is 15.1. The summed E-state index contributed by atoms with van der Waals surface area (Å²) in [5, 5.41) is 0.916. The first-order chi connectivity index (χ1) is 6.78. The summed E-state index contributed by atoms with van der Waals surface area (Å²) >= 11 is 1.75. The van der Waals surface area contributed by atoms with Crippen molar-refractivity contribution >= 4 is 20.1 Å². The fraction of sp³-hybridized carbons (Fsp3) is 0.833. The van der Waals surface area contributed by atoms with Crippen LogP contribution in [0.25, 0.3) is 0 Å². The Bertz CT molecular complexity index is 196. The molecule has 0 unspecified atom stereocenters. The van der Waals surface area contributed by atoms with Crippen LogP contribution in [0.4, 0.5) is 0 Å². The lowest BCUT2D eigenvalue weighted by Gasteiger charge is -2.31. The minimum Gasteiger partial charge on any atom is -0.539 e. The zero-order valence-electron chi connectivity index (χ0n) is 11.1.